The van der Waals surface area contributed by atoms with Crippen molar-refractivity contribution in [2.24, 2.45) is 7.05 Å². The van der Waals surface area contributed by atoms with Crippen LogP contribution in [0.5, 0.6) is 0 Å². The summed E-state index contributed by atoms with van der Waals surface area (Å²) in [5.74, 6) is -0.0157. The minimum Gasteiger partial charge on any atom is -0.399 e. The van der Waals surface area contributed by atoms with E-state index in [1.165, 1.54) is 0 Å². The minimum absolute atomic E-state index is 0.0157. The minimum atomic E-state index is -0.0157. The van der Waals surface area contributed by atoms with Gasteiger partial charge >= 0.3 is 0 Å². The lowest BCUT2D eigenvalue weighted by atomic mass is 10.2. The number of aromatic nitrogens is 2. The first-order valence-electron chi connectivity index (χ1n) is 6.65. The average Bonchev–Trinajstić information content (AvgIpc) is 2.74. The maximum atomic E-state index is 12.5. The predicted octanol–water partition coefficient (Wildman–Crippen LogP) is 1.97. The highest BCUT2D eigenvalue weighted by Crippen LogP contribution is 2.13. The first-order valence-corrected chi connectivity index (χ1v) is 6.65. The molecule has 0 unspecified atom stereocenters. The molecule has 20 heavy (non-hydrogen) atoms. The highest BCUT2D eigenvalue weighted by atomic mass is 16.2. The molecule has 5 nitrogen and oxygen atoms in total. The molecule has 106 valence electrons. The zero-order valence-electron chi connectivity index (χ0n) is 12.1. The van der Waals surface area contributed by atoms with Crippen LogP contribution in [0, 0.1) is 6.92 Å². The highest BCUT2D eigenvalue weighted by Gasteiger charge is 2.18. The van der Waals surface area contributed by atoms with E-state index in [0.717, 1.165) is 11.3 Å². The summed E-state index contributed by atoms with van der Waals surface area (Å²) >= 11 is 0. The molecule has 1 aromatic heterocycles. The molecule has 5 heteroatoms. The Bertz CT molecular complexity index is 618. The second kappa shape index (κ2) is 5.77. The standard InChI is InChI=1S/C15H20N4O/c1-4-19(10-12-6-5-7-13(16)9-12)15(20)14-8-11(2)17-18(14)3/h5-9H,4,10,16H2,1-3H3. The van der Waals surface area contributed by atoms with Crippen molar-refractivity contribution in [2.45, 2.75) is 20.4 Å². The molecule has 0 aliphatic rings. The van der Waals surface area contributed by atoms with Gasteiger partial charge in [-0.15, -0.1) is 0 Å². The van der Waals surface area contributed by atoms with E-state index in [1.54, 1.807) is 16.6 Å². The maximum absolute atomic E-state index is 12.5. The summed E-state index contributed by atoms with van der Waals surface area (Å²) in [5.41, 5.74) is 8.96. The number of benzene rings is 1. The summed E-state index contributed by atoms with van der Waals surface area (Å²) in [6, 6.07) is 9.42. The number of anilines is 1. The lowest BCUT2D eigenvalue weighted by Gasteiger charge is -2.21. The fourth-order valence-corrected chi connectivity index (χ4v) is 2.21. The number of carbonyl (C=O) groups excluding carboxylic acids is 1. The first-order chi connectivity index (χ1) is 9.51. The van der Waals surface area contributed by atoms with E-state index in [0.29, 0.717) is 24.5 Å². The Hall–Kier alpha value is -2.30. The maximum Gasteiger partial charge on any atom is 0.272 e. The molecule has 0 saturated carbocycles. The van der Waals surface area contributed by atoms with Gasteiger partial charge in [0.25, 0.3) is 5.91 Å². The summed E-state index contributed by atoms with van der Waals surface area (Å²) in [4.78, 5) is 14.3. The molecule has 0 aliphatic heterocycles. The zero-order chi connectivity index (χ0) is 14.7. The number of nitrogen functional groups attached to an aromatic ring is 1. The molecule has 0 spiro atoms. The highest BCUT2D eigenvalue weighted by molar-refractivity contribution is 5.92. The van der Waals surface area contributed by atoms with E-state index in [9.17, 15) is 4.79 Å². The van der Waals surface area contributed by atoms with E-state index in [1.807, 2.05) is 44.2 Å². The van der Waals surface area contributed by atoms with Gasteiger partial charge in [0, 0.05) is 25.8 Å². The van der Waals surface area contributed by atoms with Crippen molar-refractivity contribution in [3.63, 3.8) is 0 Å². The van der Waals surface area contributed by atoms with E-state index in [4.69, 9.17) is 5.73 Å². The van der Waals surface area contributed by atoms with E-state index < -0.39 is 0 Å². The van der Waals surface area contributed by atoms with Crippen LogP contribution in [-0.4, -0.2) is 27.1 Å². The van der Waals surface area contributed by atoms with Gasteiger partial charge in [0.2, 0.25) is 0 Å². The number of nitrogens with zero attached hydrogens (tertiary/aromatic N) is 3. The Morgan fingerprint density at radius 1 is 1.40 bits per heavy atom. The van der Waals surface area contributed by atoms with Crippen LogP contribution in [0.3, 0.4) is 0 Å². The molecule has 0 bridgehead atoms. The number of aryl methyl sites for hydroxylation is 2. The average molecular weight is 272 g/mol. The third kappa shape index (κ3) is 2.99. The Kier molecular flexibility index (Phi) is 4.08. The quantitative estimate of drug-likeness (QED) is 0.865. The summed E-state index contributed by atoms with van der Waals surface area (Å²) in [6.07, 6.45) is 0. The normalized spacial score (nSPS) is 10.6. The summed E-state index contributed by atoms with van der Waals surface area (Å²) in [5, 5.41) is 4.22. The van der Waals surface area contributed by atoms with E-state index >= 15 is 0 Å². The van der Waals surface area contributed by atoms with Crippen LogP contribution in [-0.2, 0) is 13.6 Å². The van der Waals surface area contributed by atoms with Crippen LogP contribution in [0.2, 0.25) is 0 Å². The van der Waals surface area contributed by atoms with Crippen LogP contribution in [0.15, 0.2) is 30.3 Å². The molecule has 0 aliphatic carbocycles. The molecule has 0 fully saturated rings. The second-order valence-electron chi connectivity index (χ2n) is 4.86. The van der Waals surface area contributed by atoms with Crippen molar-refractivity contribution >= 4 is 11.6 Å². The van der Waals surface area contributed by atoms with Crippen LogP contribution in [0.25, 0.3) is 0 Å². The summed E-state index contributed by atoms with van der Waals surface area (Å²) in [6.45, 7) is 5.03. The molecule has 1 aromatic carbocycles. The van der Waals surface area contributed by atoms with Crippen LogP contribution in [0.4, 0.5) is 5.69 Å². The van der Waals surface area contributed by atoms with Gasteiger partial charge in [-0.05, 0) is 37.6 Å². The van der Waals surface area contributed by atoms with Gasteiger partial charge in [0.1, 0.15) is 5.69 Å². The van der Waals surface area contributed by atoms with E-state index in [2.05, 4.69) is 5.10 Å². The molecule has 0 atom stereocenters. The number of amides is 1. The largest absolute Gasteiger partial charge is 0.399 e. The van der Waals surface area contributed by atoms with Crippen molar-refractivity contribution in [3.8, 4) is 0 Å². The molecule has 2 rings (SSSR count). The molecule has 2 N–H and O–H groups in total. The van der Waals surface area contributed by atoms with Crippen molar-refractivity contribution in [1.82, 2.24) is 14.7 Å². The Morgan fingerprint density at radius 3 is 2.70 bits per heavy atom. The molecule has 1 amide bonds. The third-order valence-corrected chi connectivity index (χ3v) is 3.21. The molecule has 0 saturated heterocycles. The number of nitrogens with two attached hydrogens (primary N) is 1. The van der Waals surface area contributed by atoms with E-state index in [-0.39, 0.29) is 5.91 Å². The molecule has 0 radical (unpaired) electrons. The Labute approximate surface area is 119 Å². The van der Waals surface area contributed by atoms with Gasteiger partial charge in [0.15, 0.2) is 0 Å². The Balaban J connectivity index is 2.20. The predicted molar refractivity (Wildman–Crippen MR) is 79.2 cm³/mol. The van der Waals surface area contributed by atoms with Gasteiger partial charge in [0.05, 0.1) is 5.69 Å². The van der Waals surface area contributed by atoms with Gasteiger partial charge in [-0.2, -0.15) is 5.10 Å². The fourth-order valence-electron chi connectivity index (χ4n) is 2.21. The second-order valence-corrected chi connectivity index (χ2v) is 4.86. The fraction of sp³-hybridized carbons (Fsp3) is 0.333. The van der Waals surface area contributed by atoms with Crippen molar-refractivity contribution in [2.75, 3.05) is 12.3 Å². The van der Waals surface area contributed by atoms with Crippen molar-refractivity contribution in [3.05, 3.63) is 47.3 Å². The van der Waals surface area contributed by atoms with Gasteiger partial charge in [-0.25, -0.2) is 0 Å². The van der Waals surface area contributed by atoms with Crippen LogP contribution < -0.4 is 5.73 Å². The van der Waals surface area contributed by atoms with Gasteiger partial charge < -0.3 is 10.6 Å². The molecular weight excluding hydrogens is 252 g/mol. The van der Waals surface area contributed by atoms with Crippen LogP contribution in [0.1, 0.15) is 28.7 Å². The summed E-state index contributed by atoms with van der Waals surface area (Å²) < 4.78 is 1.62. The lowest BCUT2D eigenvalue weighted by Crippen LogP contribution is -2.31. The number of carbonyl (C=O) groups is 1. The van der Waals surface area contributed by atoms with Gasteiger partial charge in [-0.3, -0.25) is 9.48 Å². The first kappa shape index (κ1) is 14.1. The smallest absolute Gasteiger partial charge is 0.272 e. The molecule has 2 aromatic rings. The molecule has 1 heterocycles. The summed E-state index contributed by atoms with van der Waals surface area (Å²) in [7, 11) is 1.79. The number of hydrogen-bond donors (Lipinski definition) is 1. The van der Waals surface area contributed by atoms with Crippen molar-refractivity contribution in [1.29, 1.82) is 0 Å². The number of hydrogen-bond acceptors (Lipinski definition) is 3. The molecular formula is C15H20N4O. The third-order valence-electron chi connectivity index (χ3n) is 3.21. The zero-order valence-corrected chi connectivity index (χ0v) is 12.1. The lowest BCUT2D eigenvalue weighted by molar-refractivity contribution is 0.0741. The monoisotopic (exact) mass is 272 g/mol. The van der Waals surface area contributed by atoms with Crippen LogP contribution >= 0.6 is 0 Å². The SMILES string of the molecule is CCN(Cc1cccc(N)c1)C(=O)c1cc(C)nn1C. The topological polar surface area (TPSA) is 64.2 Å². The number of rotatable bonds is 4. The van der Waals surface area contributed by atoms with Gasteiger partial charge in [-0.1, -0.05) is 12.1 Å². The Morgan fingerprint density at radius 2 is 2.15 bits per heavy atom. The van der Waals surface area contributed by atoms with Crippen molar-refractivity contribution < 1.29 is 4.79 Å².